The van der Waals surface area contributed by atoms with E-state index in [0.717, 1.165) is 12.8 Å². The van der Waals surface area contributed by atoms with Gasteiger partial charge in [0.1, 0.15) is 5.82 Å². The second kappa shape index (κ2) is 8.58. The first kappa shape index (κ1) is 20.6. The smallest absolute Gasteiger partial charge is 0.306 e. The fraction of sp³-hybridized carbons (Fsp3) is 0.273. The Kier molecular flexibility index (Phi) is 5.88. The van der Waals surface area contributed by atoms with Gasteiger partial charge in [-0.15, -0.1) is 0 Å². The molecule has 3 aromatic rings. The Morgan fingerprint density at radius 2 is 1.87 bits per heavy atom. The van der Waals surface area contributed by atoms with Crippen LogP contribution in [-0.2, 0) is 16.0 Å². The molecule has 0 N–H and O–H groups in total. The number of carbonyl (C=O) groups excluding carboxylic acids is 2. The molecule has 1 fully saturated rings. The van der Waals surface area contributed by atoms with E-state index in [1.54, 1.807) is 16.7 Å². The highest BCUT2D eigenvalue weighted by Crippen LogP contribution is 2.35. The molecule has 4 rings (SSSR count). The molecule has 1 saturated carbocycles. The highest BCUT2D eigenvalue weighted by Gasteiger charge is 2.28. The van der Waals surface area contributed by atoms with Crippen molar-refractivity contribution < 1.29 is 14.3 Å². The third-order valence-electron chi connectivity index (χ3n) is 4.95. The maximum Gasteiger partial charge on any atom is 0.306 e. The molecule has 1 aromatic heterocycles. The first-order chi connectivity index (χ1) is 14.4. The summed E-state index contributed by atoms with van der Waals surface area (Å²) in [4.78, 5) is 41.8. The number of rotatable bonds is 7. The molecule has 2 aromatic carbocycles. The van der Waals surface area contributed by atoms with E-state index in [1.165, 1.54) is 18.2 Å². The van der Waals surface area contributed by atoms with Gasteiger partial charge in [0, 0.05) is 18.0 Å². The molecule has 0 amide bonds. The zero-order valence-corrected chi connectivity index (χ0v) is 17.4. The number of para-hydroxylation sites is 1. The van der Waals surface area contributed by atoms with Crippen LogP contribution in [0, 0.1) is 0 Å². The molecule has 0 saturated heterocycles. The summed E-state index contributed by atoms with van der Waals surface area (Å²) in [6.07, 6.45) is 2.13. The molecular formula is C22H18Cl2N2O4. The fourth-order valence-electron chi connectivity index (χ4n) is 3.26. The second-order valence-corrected chi connectivity index (χ2v) is 7.98. The van der Waals surface area contributed by atoms with E-state index >= 15 is 0 Å². The molecule has 0 unspecified atom stereocenters. The summed E-state index contributed by atoms with van der Waals surface area (Å²) in [6.45, 7) is -0.391. The van der Waals surface area contributed by atoms with E-state index in [9.17, 15) is 14.4 Å². The number of ether oxygens (including phenoxy) is 1. The monoisotopic (exact) mass is 444 g/mol. The topological polar surface area (TPSA) is 78.3 Å². The van der Waals surface area contributed by atoms with Crippen molar-refractivity contribution in [3.8, 4) is 0 Å². The van der Waals surface area contributed by atoms with Crippen LogP contribution >= 0.6 is 23.2 Å². The number of hydrogen-bond acceptors (Lipinski definition) is 5. The molecular weight excluding hydrogens is 427 g/mol. The van der Waals surface area contributed by atoms with Crippen molar-refractivity contribution in [3.05, 3.63) is 74.3 Å². The van der Waals surface area contributed by atoms with Crippen LogP contribution in [0.1, 0.15) is 41.5 Å². The Balaban J connectivity index is 1.42. The summed E-state index contributed by atoms with van der Waals surface area (Å²) in [6, 6.07) is 11.8. The van der Waals surface area contributed by atoms with Crippen molar-refractivity contribution in [2.75, 3.05) is 6.61 Å². The highest BCUT2D eigenvalue weighted by atomic mass is 35.5. The van der Waals surface area contributed by atoms with Crippen LogP contribution in [0.5, 0.6) is 0 Å². The first-order valence-electron chi connectivity index (χ1n) is 9.58. The van der Waals surface area contributed by atoms with Gasteiger partial charge in [-0.25, -0.2) is 4.98 Å². The SMILES string of the molecule is O=C(CCc1nc2ccccc2c(=O)n1C1CC1)OCC(=O)c1ccc(Cl)c(Cl)c1. The minimum Gasteiger partial charge on any atom is -0.457 e. The molecule has 1 heterocycles. The predicted octanol–water partition coefficient (Wildman–Crippen LogP) is 4.40. The van der Waals surface area contributed by atoms with E-state index in [1.807, 2.05) is 12.1 Å². The number of aromatic nitrogens is 2. The molecule has 154 valence electrons. The molecule has 0 spiro atoms. The van der Waals surface area contributed by atoms with Crippen molar-refractivity contribution in [2.24, 2.45) is 0 Å². The van der Waals surface area contributed by atoms with Crippen molar-refractivity contribution in [2.45, 2.75) is 31.7 Å². The van der Waals surface area contributed by atoms with Gasteiger partial charge in [0.15, 0.2) is 12.4 Å². The van der Waals surface area contributed by atoms with Gasteiger partial charge in [0.25, 0.3) is 5.56 Å². The number of aryl methyl sites for hydroxylation is 1. The third-order valence-corrected chi connectivity index (χ3v) is 5.69. The van der Waals surface area contributed by atoms with Gasteiger partial charge in [-0.2, -0.15) is 0 Å². The maximum absolute atomic E-state index is 12.8. The number of fused-ring (bicyclic) bond motifs is 1. The number of benzene rings is 2. The molecule has 8 heteroatoms. The zero-order chi connectivity index (χ0) is 21.3. The van der Waals surface area contributed by atoms with Crippen molar-refractivity contribution >= 4 is 45.9 Å². The van der Waals surface area contributed by atoms with Gasteiger partial charge >= 0.3 is 5.97 Å². The zero-order valence-electron chi connectivity index (χ0n) is 15.9. The highest BCUT2D eigenvalue weighted by molar-refractivity contribution is 6.42. The summed E-state index contributed by atoms with van der Waals surface area (Å²) in [5.74, 6) is -0.345. The Morgan fingerprint density at radius 1 is 1.10 bits per heavy atom. The maximum atomic E-state index is 12.8. The van der Waals surface area contributed by atoms with Crippen LogP contribution in [0.3, 0.4) is 0 Å². The fourth-order valence-corrected chi connectivity index (χ4v) is 3.56. The van der Waals surface area contributed by atoms with E-state index in [-0.39, 0.29) is 35.2 Å². The lowest BCUT2D eigenvalue weighted by molar-refractivity contribution is -0.142. The summed E-state index contributed by atoms with van der Waals surface area (Å²) in [7, 11) is 0. The lowest BCUT2D eigenvalue weighted by Gasteiger charge is -2.12. The van der Waals surface area contributed by atoms with Crippen LogP contribution in [0.2, 0.25) is 10.0 Å². The molecule has 30 heavy (non-hydrogen) atoms. The van der Waals surface area contributed by atoms with Crippen molar-refractivity contribution in [1.29, 1.82) is 0 Å². The standard InChI is InChI=1S/C22H18Cl2N2O4/c23-16-8-5-13(11-17(16)24)19(27)12-30-21(28)10-9-20-25-18-4-2-1-3-15(18)22(29)26(20)14-6-7-14/h1-5,8,11,14H,6-7,9-10,12H2. The molecule has 0 aliphatic heterocycles. The van der Waals surface area contributed by atoms with E-state index in [4.69, 9.17) is 27.9 Å². The van der Waals surface area contributed by atoms with Gasteiger partial charge in [-0.3, -0.25) is 19.0 Å². The molecule has 0 radical (unpaired) electrons. The summed E-state index contributed by atoms with van der Waals surface area (Å²) in [5, 5.41) is 1.17. The van der Waals surface area contributed by atoms with Crippen LogP contribution in [-0.4, -0.2) is 27.9 Å². The number of nitrogens with zero attached hydrogens (tertiary/aromatic N) is 2. The quantitative estimate of drug-likeness (QED) is 0.398. The molecule has 0 bridgehead atoms. The van der Waals surface area contributed by atoms with Crippen molar-refractivity contribution in [3.63, 3.8) is 0 Å². The summed E-state index contributed by atoms with van der Waals surface area (Å²) in [5.41, 5.74) is 0.842. The average molecular weight is 445 g/mol. The third kappa shape index (κ3) is 4.40. The predicted molar refractivity (Wildman–Crippen MR) is 114 cm³/mol. The number of halogens is 2. The molecule has 6 nitrogen and oxygen atoms in total. The first-order valence-corrected chi connectivity index (χ1v) is 10.3. The number of Topliss-reactive ketones (excluding diaryl/α,β-unsaturated/α-hetero) is 1. The second-order valence-electron chi connectivity index (χ2n) is 7.16. The van der Waals surface area contributed by atoms with Gasteiger partial charge in [-0.05, 0) is 43.2 Å². The Bertz CT molecular complexity index is 1200. The largest absolute Gasteiger partial charge is 0.457 e. The van der Waals surface area contributed by atoms with Gasteiger partial charge in [-0.1, -0.05) is 35.3 Å². The summed E-state index contributed by atoms with van der Waals surface area (Å²) < 4.78 is 6.80. The number of ketones is 1. The average Bonchev–Trinajstić information content (AvgIpc) is 3.57. The number of carbonyl (C=O) groups is 2. The molecule has 1 aliphatic carbocycles. The van der Waals surface area contributed by atoms with Gasteiger partial charge in [0.05, 0.1) is 27.4 Å². The van der Waals surface area contributed by atoms with Gasteiger partial charge in [0.2, 0.25) is 0 Å². The molecule has 0 atom stereocenters. The van der Waals surface area contributed by atoms with Gasteiger partial charge < -0.3 is 4.74 Å². The molecule has 1 aliphatic rings. The normalized spacial score (nSPS) is 13.4. The lowest BCUT2D eigenvalue weighted by Crippen LogP contribution is -2.25. The van der Waals surface area contributed by atoms with Crippen LogP contribution in [0.25, 0.3) is 10.9 Å². The van der Waals surface area contributed by atoms with E-state index in [0.29, 0.717) is 27.3 Å². The lowest BCUT2D eigenvalue weighted by atomic mass is 10.1. The minimum absolute atomic E-state index is 0.0200. The van der Waals surface area contributed by atoms with Crippen LogP contribution in [0.4, 0.5) is 0 Å². The van der Waals surface area contributed by atoms with Crippen LogP contribution in [0.15, 0.2) is 47.3 Å². The Morgan fingerprint density at radius 3 is 2.60 bits per heavy atom. The minimum atomic E-state index is -0.534. The number of hydrogen-bond donors (Lipinski definition) is 0. The van der Waals surface area contributed by atoms with E-state index < -0.39 is 12.6 Å². The van der Waals surface area contributed by atoms with Crippen molar-refractivity contribution in [1.82, 2.24) is 9.55 Å². The number of esters is 1. The Labute approximate surface area is 182 Å². The van der Waals surface area contributed by atoms with Crippen LogP contribution < -0.4 is 5.56 Å². The Hall–Kier alpha value is -2.70. The van der Waals surface area contributed by atoms with E-state index in [2.05, 4.69) is 4.98 Å². The summed E-state index contributed by atoms with van der Waals surface area (Å²) >= 11 is 11.8.